The van der Waals surface area contributed by atoms with E-state index in [0.717, 1.165) is 12.3 Å². The first-order valence-electron chi connectivity index (χ1n) is 5.50. The Morgan fingerprint density at radius 1 is 1.10 bits per heavy atom. The summed E-state index contributed by atoms with van der Waals surface area (Å²) in [5.74, 6) is -0.597. The number of nitrogens with one attached hydrogen (secondary N) is 2. The van der Waals surface area contributed by atoms with Gasteiger partial charge >= 0.3 is 0 Å². The van der Waals surface area contributed by atoms with Crippen LogP contribution >= 0.6 is 0 Å². The van der Waals surface area contributed by atoms with Crippen LogP contribution in [0.5, 0.6) is 0 Å². The highest BCUT2D eigenvalue weighted by Gasteiger charge is 2.14. The Hall–Kier alpha value is -2.61. The first kappa shape index (κ1) is 13.8. The highest BCUT2D eigenvalue weighted by molar-refractivity contribution is 7.92. The van der Waals surface area contributed by atoms with E-state index in [0.29, 0.717) is 0 Å². The Kier molecular flexibility index (Phi) is 3.57. The molecule has 2 rings (SSSR count). The summed E-state index contributed by atoms with van der Waals surface area (Å²) in [5, 5.41) is 0. The summed E-state index contributed by atoms with van der Waals surface area (Å²) < 4.78 is 26.3. The number of pyridine rings is 1. The van der Waals surface area contributed by atoms with Crippen LogP contribution in [-0.4, -0.2) is 19.3 Å². The molecule has 0 spiro atoms. The number of benzene rings is 1. The minimum atomic E-state index is -3.80. The zero-order chi connectivity index (χ0) is 14.8. The SMILES string of the molecule is NC(=O)c1ccc(NS(=O)(=O)c2ccc(=O)[nH]c2)cc1. The third kappa shape index (κ3) is 3.04. The molecule has 0 saturated carbocycles. The van der Waals surface area contributed by atoms with Gasteiger partial charge < -0.3 is 10.7 Å². The largest absolute Gasteiger partial charge is 0.366 e. The van der Waals surface area contributed by atoms with E-state index in [9.17, 15) is 18.0 Å². The van der Waals surface area contributed by atoms with E-state index < -0.39 is 21.5 Å². The molecule has 0 fully saturated rings. The predicted octanol–water partition coefficient (Wildman–Crippen LogP) is 0.275. The quantitative estimate of drug-likeness (QED) is 0.749. The van der Waals surface area contributed by atoms with E-state index in [1.54, 1.807) is 0 Å². The number of aromatic amines is 1. The fraction of sp³-hybridized carbons (Fsp3) is 0. The number of carbonyl (C=O) groups excluding carboxylic acids is 1. The van der Waals surface area contributed by atoms with Crippen LogP contribution < -0.4 is 16.0 Å². The highest BCUT2D eigenvalue weighted by Crippen LogP contribution is 2.15. The molecule has 1 aromatic carbocycles. The second kappa shape index (κ2) is 5.17. The number of nitrogens with two attached hydrogens (primary N) is 1. The normalized spacial score (nSPS) is 11.0. The topological polar surface area (TPSA) is 122 Å². The van der Waals surface area contributed by atoms with Gasteiger partial charge in [-0.3, -0.25) is 14.3 Å². The molecule has 1 aromatic heterocycles. The molecule has 2 aromatic rings. The molecular weight excluding hydrogens is 282 g/mol. The maximum absolute atomic E-state index is 12.0. The first-order valence-corrected chi connectivity index (χ1v) is 6.98. The van der Waals surface area contributed by atoms with Crippen molar-refractivity contribution in [3.05, 3.63) is 58.5 Å². The lowest BCUT2D eigenvalue weighted by molar-refractivity contribution is 0.100. The van der Waals surface area contributed by atoms with Gasteiger partial charge in [-0.25, -0.2) is 8.42 Å². The van der Waals surface area contributed by atoms with Gasteiger partial charge in [0.15, 0.2) is 0 Å². The lowest BCUT2D eigenvalue weighted by atomic mass is 10.2. The van der Waals surface area contributed by atoms with Gasteiger partial charge in [-0.2, -0.15) is 0 Å². The molecule has 0 aliphatic rings. The fourth-order valence-electron chi connectivity index (χ4n) is 1.48. The molecule has 104 valence electrons. The Bertz CT molecular complexity index is 774. The third-order valence-electron chi connectivity index (χ3n) is 2.49. The van der Waals surface area contributed by atoms with Gasteiger partial charge in [-0.15, -0.1) is 0 Å². The van der Waals surface area contributed by atoms with Crippen LogP contribution in [0.1, 0.15) is 10.4 Å². The number of aromatic nitrogens is 1. The minimum Gasteiger partial charge on any atom is -0.366 e. The Morgan fingerprint density at radius 2 is 1.75 bits per heavy atom. The van der Waals surface area contributed by atoms with Gasteiger partial charge in [0.1, 0.15) is 4.90 Å². The number of anilines is 1. The van der Waals surface area contributed by atoms with Crippen LogP contribution in [0.4, 0.5) is 5.69 Å². The standard InChI is InChI=1S/C12H11N3O4S/c13-12(17)8-1-3-9(4-2-8)15-20(18,19)10-5-6-11(16)14-7-10/h1-7,15H,(H2,13,17)(H,14,16). The van der Waals surface area contributed by atoms with Crippen LogP contribution in [0, 0.1) is 0 Å². The average molecular weight is 293 g/mol. The summed E-state index contributed by atoms with van der Waals surface area (Å²) >= 11 is 0. The second-order valence-electron chi connectivity index (χ2n) is 3.94. The van der Waals surface area contributed by atoms with E-state index in [4.69, 9.17) is 5.73 Å². The first-order chi connectivity index (χ1) is 9.38. The van der Waals surface area contributed by atoms with Crippen molar-refractivity contribution in [1.82, 2.24) is 4.98 Å². The maximum atomic E-state index is 12.0. The van der Waals surface area contributed by atoms with Crippen molar-refractivity contribution in [2.24, 2.45) is 5.73 Å². The summed E-state index contributed by atoms with van der Waals surface area (Å²) in [7, 11) is -3.80. The van der Waals surface area contributed by atoms with E-state index >= 15 is 0 Å². The molecule has 7 nitrogen and oxygen atoms in total. The molecule has 20 heavy (non-hydrogen) atoms. The zero-order valence-corrected chi connectivity index (χ0v) is 11.0. The molecule has 0 atom stereocenters. The van der Waals surface area contributed by atoms with Crippen molar-refractivity contribution in [3.8, 4) is 0 Å². The number of H-pyrrole nitrogens is 1. The number of rotatable bonds is 4. The Labute approximate surface area is 114 Å². The Morgan fingerprint density at radius 3 is 2.25 bits per heavy atom. The zero-order valence-electron chi connectivity index (χ0n) is 10.2. The molecule has 8 heteroatoms. The lowest BCUT2D eigenvalue weighted by Crippen LogP contribution is -2.15. The highest BCUT2D eigenvalue weighted by atomic mass is 32.2. The lowest BCUT2D eigenvalue weighted by Gasteiger charge is -2.07. The molecule has 1 amide bonds. The molecule has 0 saturated heterocycles. The van der Waals surface area contributed by atoms with Crippen molar-refractivity contribution < 1.29 is 13.2 Å². The van der Waals surface area contributed by atoms with Gasteiger partial charge in [0, 0.05) is 23.5 Å². The number of hydrogen-bond donors (Lipinski definition) is 3. The third-order valence-corrected chi connectivity index (χ3v) is 3.87. The van der Waals surface area contributed by atoms with Gasteiger partial charge in [0.2, 0.25) is 11.5 Å². The fourth-order valence-corrected chi connectivity index (χ4v) is 2.51. The van der Waals surface area contributed by atoms with Crippen molar-refractivity contribution in [2.45, 2.75) is 4.90 Å². The number of sulfonamides is 1. The number of carbonyl (C=O) groups is 1. The molecular formula is C12H11N3O4S. The van der Waals surface area contributed by atoms with Crippen molar-refractivity contribution >= 4 is 21.6 Å². The Balaban J connectivity index is 2.26. The molecule has 0 radical (unpaired) electrons. The van der Waals surface area contributed by atoms with Gasteiger partial charge in [-0.1, -0.05) is 0 Å². The van der Waals surface area contributed by atoms with E-state index in [-0.39, 0.29) is 16.1 Å². The number of primary amides is 1. The van der Waals surface area contributed by atoms with E-state index in [2.05, 4.69) is 9.71 Å². The molecule has 0 aliphatic heterocycles. The van der Waals surface area contributed by atoms with E-state index in [1.165, 1.54) is 30.3 Å². The molecule has 0 unspecified atom stereocenters. The van der Waals surface area contributed by atoms with Crippen molar-refractivity contribution in [2.75, 3.05) is 4.72 Å². The monoisotopic (exact) mass is 293 g/mol. The number of hydrogen-bond acceptors (Lipinski definition) is 4. The summed E-state index contributed by atoms with van der Waals surface area (Å²) in [6.45, 7) is 0. The van der Waals surface area contributed by atoms with Crippen LogP contribution in [-0.2, 0) is 10.0 Å². The number of amides is 1. The maximum Gasteiger partial charge on any atom is 0.263 e. The summed E-state index contributed by atoms with van der Waals surface area (Å²) in [4.78, 5) is 24.0. The van der Waals surface area contributed by atoms with Gasteiger partial charge in [-0.05, 0) is 30.3 Å². The van der Waals surface area contributed by atoms with Gasteiger partial charge in [0.25, 0.3) is 10.0 Å². The summed E-state index contributed by atoms with van der Waals surface area (Å²) in [6.07, 6.45) is 1.10. The smallest absolute Gasteiger partial charge is 0.263 e. The summed E-state index contributed by atoms with van der Waals surface area (Å²) in [6, 6.07) is 7.97. The van der Waals surface area contributed by atoms with Crippen molar-refractivity contribution in [1.29, 1.82) is 0 Å². The minimum absolute atomic E-state index is 0.0731. The van der Waals surface area contributed by atoms with Gasteiger partial charge in [0.05, 0.1) is 0 Å². The summed E-state index contributed by atoms with van der Waals surface area (Å²) in [5.41, 5.74) is 5.25. The van der Waals surface area contributed by atoms with E-state index in [1.807, 2.05) is 0 Å². The molecule has 1 heterocycles. The second-order valence-corrected chi connectivity index (χ2v) is 5.62. The molecule has 0 bridgehead atoms. The van der Waals surface area contributed by atoms with Crippen LogP contribution in [0.2, 0.25) is 0 Å². The predicted molar refractivity (Wildman–Crippen MR) is 72.8 cm³/mol. The van der Waals surface area contributed by atoms with Crippen molar-refractivity contribution in [3.63, 3.8) is 0 Å². The van der Waals surface area contributed by atoms with Crippen LogP contribution in [0.25, 0.3) is 0 Å². The molecule has 4 N–H and O–H groups in total. The van der Waals surface area contributed by atoms with Crippen LogP contribution in [0.3, 0.4) is 0 Å². The van der Waals surface area contributed by atoms with Crippen LogP contribution in [0.15, 0.2) is 52.3 Å². The molecule has 0 aliphatic carbocycles. The average Bonchev–Trinajstić information content (AvgIpc) is 2.39.